The van der Waals surface area contributed by atoms with E-state index in [1.165, 1.54) is 5.56 Å². The lowest BCUT2D eigenvalue weighted by molar-refractivity contribution is -0.130. The molecule has 3 rings (SSSR count). The van der Waals surface area contributed by atoms with E-state index in [4.69, 9.17) is 4.74 Å². The molecular formula is C25H30N2O4. The lowest BCUT2D eigenvalue weighted by atomic mass is 9.93. The lowest BCUT2D eigenvalue weighted by Crippen LogP contribution is -2.44. The van der Waals surface area contributed by atoms with E-state index in [0.29, 0.717) is 24.3 Å². The number of urea groups is 1. The molecule has 1 aliphatic rings. The van der Waals surface area contributed by atoms with Crippen LogP contribution in [0, 0.1) is 0 Å². The normalized spacial score (nSPS) is 19.3. The maximum absolute atomic E-state index is 13.0. The summed E-state index contributed by atoms with van der Waals surface area (Å²) in [6.45, 7) is 5.71. The third kappa shape index (κ3) is 4.95. The van der Waals surface area contributed by atoms with Crippen molar-refractivity contribution in [2.24, 2.45) is 0 Å². The zero-order valence-electron chi connectivity index (χ0n) is 18.6. The van der Waals surface area contributed by atoms with Gasteiger partial charge in [0.05, 0.1) is 13.7 Å². The van der Waals surface area contributed by atoms with Gasteiger partial charge in [-0.05, 0) is 55.4 Å². The summed E-state index contributed by atoms with van der Waals surface area (Å²) >= 11 is 0. The van der Waals surface area contributed by atoms with E-state index < -0.39 is 11.6 Å². The Hall–Kier alpha value is -3.15. The summed E-state index contributed by atoms with van der Waals surface area (Å²) in [6, 6.07) is 14.5. The van der Waals surface area contributed by atoms with Crippen molar-refractivity contribution in [3.05, 3.63) is 65.2 Å². The number of rotatable bonds is 9. The largest absolute Gasteiger partial charge is 0.497 e. The van der Waals surface area contributed by atoms with E-state index in [0.717, 1.165) is 22.6 Å². The first-order valence-electron chi connectivity index (χ1n) is 10.7. The number of amides is 3. The number of nitrogens with one attached hydrogen (secondary N) is 1. The molecule has 31 heavy (non-hydrogen) atoms. The second-order valence-corrected chi connectivity index (χ2v) is 8.36. The van der Waals surface area contributed by atoms with Crippen molar-refractivity contribution >= 4 is 17.7 Å². The number of Topliss-reactive ketones (excluding diaryl/α,β-unsaturated/α-hetero) is 1. The van der Waals surface area contributed by atoms with Crippen LogP contribution in [-0.2, 0) is 11.2 Å². The number of carbonyl (C=O) groups is 3. The Labute approximate surface area is 183 Å². The Bertz CT molecular complexity index is 952. The Kier molecular flexibility index (Phi) is 6.78. The van der Waals surface area contributed by atoms with Crippen LogP contribution in [-0.4, -0.2) is 41.8 Å². The molecule has 2 aromatic carbocycles. The molecule has 1 fully saturated rings. The number of ether oxygens (including phenoxy) is 1. The van der Waals surface area contributed by atoms with Crippen LogP contribution in [0.5, 0.6) is 5.75 Å². The summed E-state index contributed by atoms with van der Waals surface area (Å²) in [5.74, 6) is 0.567. The van der Waals surface area contributed by atoms with Crippen LogP contribution in [0.4, 0.5) is 4.79 Å². The standard InChI is InChI=1S/C25H30N2O4/c1-5-17(2)19-8-10-20(11-9-19)22(28)16-27-23(29)25(3,26-24(27)30)15-14-18-6-12-21(31-4)13-7-18/h6-13,17H,5,14-16H2,1-4H3,(H,26,30)/t17-,25-/m0/s1. The summed E-state index contributed by atoms with van der Waals surface area (Å²) in [5.41, 5.74) is 1.68. The number of carbonyl (C=O) groups excluding carboxylic acids is 3. The van der Waals surface area contributed by atoms with Crippen LogP contribution >= 0.6 is 0 Å². The van der Waals surface area contributed by atoms with Gasteiger partial charge in [-0.15, -0.1) is 0 Å². The Morgan fingerprint density at radius 3 is 2.32 bits per heavy atom. The highest BCUT2D eigenvalue weighted by Crippen LogP contribution is 2.25. The van der Waals surface area contributed by atoms with Crippen molar-refractivity contribution in [3.63, 3.8) is 0 Å². The van der Waals surface area contributed by atoms with Crippen LogP contribution in [0.25, 0.3) is 0 Å². The fourth-order valence-electron chi connectivity index (χ4n) is 3.71. The van der Waals surface area contributed by atoms with Crippen LogP contribution in [0.2, 0.25) is 0 Å². The van der Waals surface area contributed by atoms with E-state index in [1.54, 1.807) is 26.2 Å². The maximum atomic E-state index is 13.0. The summed E-state index contributed by atoms with van der Waals surface area (Å²) in [6.07, 6.45) is 2.08. The third-order valence-corrected chi connectivity index (χ3v) is 6.13. The van der Waals surface area contributed by atoms with Crippen LogP contribution in [0.15, 0.2) is 48.5 Å². The van der Waals surface area contributed by atoms with Crippen LogP contribution in [0.1, 0.15) is 61.0 Å². The van der Waals surface area contributed by atoms with Gasteiger partial charge in [-0.3, -0.25) is 14.5 Å². The molecule has 0 saturated carbocycles. The van der Waals surface area contributed by atoms with Crippen molar-refractivity contribution in [1.29, 1.82) is 0 Å². The van der Waals surface area contributed by atoms with Gasteiger partial charge in [-0.2, -0.15) is 0 Å². The number of methoxy groups -OCH3 is 1. The molecule has 6 nitrogen and oxygen atoms in total. The fraction of sp³-hybridized carbons (Fsp3) is 0.400. The van der Waals surface area contributed by atoms with Crippen molar-refractivity contribution in [3.8, 4) is 5.75 Å². The molecule has 0 unspecified atom stereocenters. The minimum Gasteiger partial charge on any atom is -0.497 e. The molecule has 2 atom stereocenters. The number of nitrogens with zero attached hydrogens (tertiary/aromatic N) is 1. The maximum Gasteiger partial charge on any atom is 0.325 e. The average Bonchev–Trinajstić information content (AvgIpc) is 3.00. The van der Waals surface area contributed by atoms with Gasteiger partial charge in [0.1, 0.15) is 11.3 Å². The molecule has 0 aliphatic carbocycles. The minimum absolute atomic E-state index is 0.251. The van der Waals surface area contributed by atoms with Crippen LogP contribution in [0.3, 0.4) is 0 Å². The van der Waals surface area contributed by atoms with E-state index >= 15 is 0 Å². The molecule has 164 valence electrons. The summed E-state index contributed by atoms with van der Waals surface area (Å²) < 4.78 is 5.16. The summed E-state index contributed by atoms with van der Waals surface area (Å²) in [7, 11) is 1.61. The Morgan fingerprint density at radius 2 is 1.74 bits per heavy atom. The molecular weight excluding hydrogens is 392 g/mol. The number of ketones is 1. The molecule has 0 bridgehead atoms. The zero-order valence-corrected chi connectivity index (χ0v) is 18.6. The van der Waals surface area contributed by atoms with Gasteiger partial charge in [-0.1, -0.05) is 50.2 Å². The van der Waals surface area contributed by atoms with Crippen LogP contribution < -0.4 is 10.1 Å². The minimum atomic E-state index is -1.03. The number of imide groups is 1. The molecule has 3 amide bonds. The van der Waals surface area contributed by atoms with Crippen molar-refractivity contribution in [1.82, 2.24) is 10.2 Å². The molecule has 2 aromatic rings. The first kappa shape index (κ1) is 22.5. The SMILES string of the molecule is CC[C@H](C)c1ccc(C(=O)CN2C(=O)N[C@@](C)(CCc3ccc(OC)cc3)C2=O)cc1. The molecule has 0 spiro atoms. The van der Waals surface area contributed by atoms with Crippen molar-refractivity contribution in [2.45, 2.75) is 51.5 Å². The van der Waals surface area contributed by atoms with E-state index in [-0.39, 0.29) is 18.2 Å². The average molecular weight is 423 g/mol. The second-order valence-electron chi connectivity index (χ2n) is 8.36. The first-order valence-corrected chi connectivity index (χ1v) is 10.7. The van der Waals surface area contributed by atoms with Gasteiger partial charge >= 0.3 is 6.03 Å². The first-order chi connectivity index (χ1) is 14.8. The molecule has 1 heterocycles. The summed E-state index contributed by atoms with van der Waals surface area (Å²) in [5, 5.41) is 2.77. The highest BCUT2D eigenvalue weighted by molar-refractivity contribution is 6.11. The summed E-state index contributed by atoms with van der Waals surface area (Å²) in [4.78, 5) is 39.2. The fourth-order valence-corrected chi connectivity index (χ4v) is 3.71. The van der Waals surface area contributed by atoms with Gasteiger partial charge in [0, 0.05) is 5.56 Å². The number of hydrogen-bond donors (Lipinski definition) is 1. The Balaban J connectivity index is 1.64. The van der Waals surface area contributed by atoms with Gasteiger partial charge in [0.15, 0.2) is 5.78 Å². The number of hydrogen-bond acceptors (Lipinski definition) is 4. The third-order valence-electron chi connectivity index (χ3n) is 6.13. The monoisotopic (exact) mass is 422 g/mol. The van der Waals surface area contributed by atoms with Gasteiger partial charge in [0.2, 0.25) is 0 Å². The Morgan fingerprint density at radius 1 is 1.10 bits per heavy atom. The molecule has 1 aliphatic heterocycles. The van der Waals surface area contributed by atoms with E-state index in [1.807, 2.05) is 36.4 Å². The molecule has 0 aromatic heterocycles. The topological polar surface area (TPSA) is 75.7 Å². The van der Waals surface area contributed by atoms with E-state index in [9.17, 15) is 14.4 Å². The van der Waals surface area contributed by atoms with Gasteiger partial charge in [-0.25, -0.2) is 4.79 Å². The highest BCUT2D eigenvalue weighted by atomic mass is 16.5. The predicted octanol–water partition coefficient (Wildman–Crippen LogP) is 4.33. The molecule has 6 heteroatoms. The lowest BCUT2D eigenvalue weighted by Gasteiger charge is -2.21. The predicted molar refractivity (Wildman–Crippen MR) is 119 cm³/mol. The molecule has 0 radical (unpaired) electrons. The van der Waals surface area contributed by atoms with Crippen molar-refractivity contribution < 1.29 is 19.1 Å². The molecule has 1 N–H and O–H groups in total. The second kappa shape index (κ2) is 9.33. The quantitative estimate of drug-likeness (QED) is 0.482. The number of benzene rings is 2. The number of aryl methyl sites for hydroxylation is 1. The highest BCUT2D eigenvalue weighted by Gasteiger charge is 2.47. The smallest absolute Gasteiger partial charge is 0.325 e. The van der Waals surface area contributed by atoms with E-state index in [2.05, 4.69) is 19.2 Å². The van der Waals surface area contributed by atoms with Gasteiger partial charge < -0.3 is 10.1 Å². The van der Waals surface area contributed by atoms with Crippen molar-refractivity contribution in [2.75, 3.05) is 13.7 Å². The zero-order chi connectivity index (χ0) is 22.6. The van der Waals surface area contributed by atoms with Gasteiger partial charge in [0.25, 0.3) is 5.91 Å². The molecule has 1 saturated heterocycles.